The van der Waals surface area contributed by atoms with Crippen LogP contribution in [0.4, 0.5) is 0 Å². The fraction of sp³-hybridized carbons (Fsp3) is 0.458. The van der Waals surface area contributed by atoms with Crippen molar-refractivity contribution >= 4 is 5.97 Å². The van der Waals surface area contributed by atoms with E-state index in [4.69, 9.17) is 9.47 Å². The van der Waals surface area contributed by atoms with Crippen LogP contribution in [0.5, 0.6) is 0 Å². The Balaban J connectivity index is 0.00000205. The number of morpholine rings is 1. The monoisotopic (exact) mass is 457 g/mol. The number of carbonyl (C=O) groups excluding carboxylic acids is 1. The zero-order valence-electron chi connectivity index (χ0n) is 17.1. The predicted octanol–water partition coefficient (Wildman–Crippen LogP) is 0.297. The van der Waals surface area contributed by atoms with E-state index in [1.807, 2.05) is 67.6 Å². The third-order valence-electron chi connectivity index (χ3n) is 7.42. The van der Waals surface area contributed by atoms with Crippen molar-refractivity contribution in [1.29, 1.82) is 0 Å². The van der Waals surface area contributed by atoms with Gasteiger partial charge in [-0.3, -0.25) is 4.79 Å². The van der Waals surface area contributed by atoms with E-state index in [2.05, 4.69) is 14.1 Å². The number of nitrogens with zero attached hydrogens (tertiary/aromatic N) is 1. The maximum atomic E-state index is 13.6. The number of rotatable bonds is 4. The van der Waals surface area contributed by atoms with Crippen LogP contribution in [0.25, 0.3) is 0 Å². The van der Waals surface area contributed by atoms with Gasteiger partial charge in [-0.05, 0) is 18.1 Å². The number of esters is 1. The van der Waals surface area contributed by atoms with E-state index in [0.29, 0.717) is 24.3 Å². The van der Waals surface area contributed by atoms with Crippen LogP contribution in [-0.2, 0) is 19.7 Å². The molecule has 5 rings (SSSR count). The van der Waals surface area contributed by atoms with Crippen molar-refractivity contribution in [3.05, 3.63) is 71.8 Å². The molecule has 5 atom stereocenters. The number of fused-ring (bicyclic) bond motifs is 5. The molecule has 2 aromatic carbocycles. The van der Waals surface area contributed by atoms with Crippen LogP contribution in [0, 0.1) is 0 Å². The van der Waals surface area contributed by atoms with Crippen LogP contribution >= 0.6 is 0 Å². The largest absolute Gasteiger partial charge is 1.00 e. The first kappa shape index (κ1) is 20.6. The number of carbonyl (C=O) groups is 1. The van der Waals surface area contributed by atoms with Crippen LogP contribution in [0.2, 0.25) is 0 Å². The lowest BCUT2D eigenvalue weighted by Crippen LogP contribution is -3.00. The molecule has 2 bridgehead atoms. The summed E-state index contributed by atoms with van der Waals surface area (Å²) >= 11 is 0. The van der Waals surface area contributed by atoms with Gasteiger partial charge in [-0.25, -0.2) is 0 Å². The molecular weight excluding hydrogens is 430 g/mol. The van der Waals surface area contributed by atoms with E-state index in [9.17, 15) is 4.79 Å². The Morgan fingerprint density at radius 1 is 0.931 bits per heavy atom. The Hall–Kier alpha value is -1.69. The summed E-state index contributed by atoms with van der Waals surface area (Å²) in [5, 5.41) is 0. The maximum absolute atomic E-state index is 13.6. The lowest BCUT2D eigenvalue weighted by Gasteiger charge is -2.45. The smallest absolute Gasteiger partial charge is 0.321 e. The van der Waals surface area contributed by atoms with Gasteiger partial charge in [-0.1, -0.05) is 60.7 Å². The second-order valence-electron chi connectivity index (χ2n) is 9.18. The average Bonchev–Trinajstić information content (AvgIpc) is 3.47. The number of benzene rings is 2. The topological polar surface area (TPSA) is 38.8 Å². The minimum absolute atomic E-state index is 0. The van der Waals surface area contributed by atoms with Gasteiger partial charge in [0.05, 0.1) is 14.1 Å². The number of hydrogen-bond donors (Lipinski definition) is 0. The van der Waals surface area contributed by atoms with Gasteiger partial charge >= 0.3 is 5.97 Å². The predicted molar refractivity (Wildman–Crippen MR) is 107 cm³/mol. The van der Waals surface area contributed by atoms with Crippen LogP contribution < -0.4 is 17.0 Å². The van der Waals surface area contributed by atoms with E-state index in [-0.39, 0.29) is 29.1 Å². The van der Waals surface area contributed by atoms with E-state index in [1.54, 1.807) is 0 Å². The first-order valence-electron chi connectivity index (χ1n) is 10.2. The molecule has 3 aliphatic rings. The van der Waals surface area contributed by atoms with Crippen molar-refractivity contribution in [2.75, 3.05) is 14.1 Å². The van der Waals surface area contributed by atoms with E-state index in [0.717, 1.165) is 28.5 Å². The highest BCUT2D eigenvalue weighted by atomic mass is 79.9. The summed E-state index contributed by atoms with van der Waals surface area (Å²) in [6.45, 7) is 1.98. The van der Waals surface area contributed by atoms with Crippen LogP contribution in [0.3, 0.4) is 0 Å². The summed E-state index contributed by atoms with van der Waals surface area (Å²) in [7, 11) is 4.59. The lowest BCUT2D eigenvalue weighted by molar-refractivity contribution is -0.938. The molecule has 0 spiro atoms. The van der Waals surface area contributed by atoms with Gasteiger partial charge in [0.15, 0.2) is 0 Å². The van der Waals surface area contributed by atoms with Gasteiger partial charge in [0.25, 0.3) is 0 Å². The number of hydrogen-bond acceptors (Lipinski definition) is 3. The Bertz CT molecular complexity index is 826. The third kappa shape index (κ3) is 3.15. The molecule has 0 aliphatic carbocycles. The van der Waals surface area contributed by atoms with Crippen molar-refractivity contribution in [2.24, 2.45) is 0 Å². The fourth-order valence-corrected chi connectivity index (χ4v) is 5.52. The summed E-state index contributed by atoms with van der Waals surface area (Å²) in [5.41, 5.74) is 1.11. The first-order valence-corrected chi connectivity index (χ1v) is 10.2. The molecule has 3 heterocycles. The average molecular weight is 458 g/mol. The van der Waals surface area contributed by atoms with Crippen molar-refractivity contribution < 1.29 is 35.7 Å². The molecule has 0 amide bonds. The minimum Gasteiger partial charge on any atom is -1.00 e. The van der Waals surface area contributed by atoms with Crippen LogP contribution in [0.1, 0.15) is 30.9 Å². The molecule has 0 saturated carbocycles. The molecule has 0 aromatic heterocycles. The molecule has 29 heavy (non-hydrogen) atoms. The molecule has 3 unspecified atom stereocenters. The summed E-state index contributed by atoms with van der Waals surface area (Å²) in [6.07, 6.45) is 2.46. The number of likely N-dealkylation sites (N-methyl/N-ethyl adjacent to an activating group) is 1. The van der Waals surface area contributed by atoms with Gasteiger partial charge in [0.2, 0.25) is 0 Å². The SMILES string of the molecule is CC(C(=O)OC1CC2C3O[C@H]3[C@H](C1)[N+]2(C)C)(c1ccccc1)c1ccccc1.[Br-]. The number of piperidine rings is 1. The Morgan fingerprint density at radius 2 is 1.38 bits per heavy atom. The highest BCUT2D eigenvalue weighted by Gasteiger charge is 2.70. The normalized spacial score (nSPS) is 31.3. The number of ether oxygens (including phenoxy) is 2. The van der Waals surface area contributed by atoms with Gasteiger partial charge in [-0.15, -0.1) is 0 Å². The molecular formula is C24H28BrNO3. The summed E-state index contributed by atoms with van der Waals surface area (Å²) in [6, 6.07) is 20.8. The molecule has 5 heteroatoms. The third-order valence-corrected chi connectivity index (χ3v) is 7.42. The molecule has 2 aromatic rings. The van der Waals surface area contributed by atoms with Crippen molar-refractivity contribution in [3.63, 3.8) is 0 Å². The Labute approximate surface area is 183 Å². The minimum atomic E-state index is -0.817. The highest BCUT2D eigenvalue weighted by molar-refractivity contribution is 5.87. The van der Waals surface area contributed by atoms with E-state index >= 15 is 0 Å². The molecule has 154 valence electrons. The molecule has 4 nitrogen and oxygen atoms in total. The molecule has 3 aliphatic heterocycles. The standard InChI is InChI=1S/C24H28NO3.BrH/c1-24(16-10-6-4-7-11-16,17-12-8-5-9-13-17)23(26)27-18-14-19-21-22(28-21)20(15-18)25(19,2)3;/h4-13,18-22H,14-15H2,1-3H3;1H/q+1;/p-1/t18?,19-,20?,21-,22?;/m0./s1. The van der Waals surface area contributed by atoms with Crippen molar-refractivity contribution in [3.8, 4) is 0 Å². The van der Waals surface area contributed by atoms with Crippen molar-refractivity contribution in [1.82, 2.24) is 0 Å². The van der Waals surface area contributed by atoms with Crippen LogP contribution in [0.15, 0.2) is 60.7 Å². The zero-order chi connectivity index (χ0) is 19.5. The van der Waals surface area contributed by atoms with Crippen LogP contribution in [-0.4, -0.2) is 54.9 Å². The van der Waals surface area contributed by atoms with Gasteiger partial charge in [0.1, 0.15) is 35.8 Å². The second kappa shape index (κ2) is 7.22. The number of epoxide rings is 1. The summed E-state index contributed by atoms with van der Waals surface area (Å²) < 4.78 is 13.1. The Kier molecular flexibility index (Phi) is 5.12. The second-order valence-corrected chi connectivity index (χ2v) is 9.18. The molecule has 0 radical (unpaired) electrons. The summed E-state index contributed by atoms with van der Waals surface area (Å²) in [4.78, 5) is 13.6. The molecule has 3 fully saturated rings. The van der Waals surface area contributed by atoms with Gasteiger partial charge in [-0.2, -0.15) is 0 Å². The van der Waals surface area contributed by atoms with E-state index in [1.165, 1.54) is 0 Å². The fourth-order valence-electron chi connectivity index (χ4n) is 5.52. The Morgan fingerprint density at radius 3 is 1.83 bits per heavy atom. The molecule has 0 N–H and O–H groups in total. The quantitative estimate of drug-likeness (QED) is 0.376. The lowest BCUT2D eigenvalue weighted by atomic mass is 9.76. The zero-order valence-corrected chi connectivity index (χ0v) is 18.7. The maximum Gasteiger partial charge on any atom is 0.321 e. The molecule has 3 saturated heterocycles. The van der Waals surface area contributed by atoms with Crippen molar-refractivity contribution in [2.45, 2.75) is 55.6 Å². The van der Waals surface area contributed by atoms with E-state index < -0.39 is 5.41 Å². The summed E-state index contributed by atoms with van der Waals surface area (Å²) in [5.74, 6) is -0.156. The first-order chi connectivity index (χ1) is 13.4. The number of halogens is 1. The number of quaternary nitrogens is 1. The highest BCUT2D eigenvalue weighted by Crippen LogP contribution is 2.52. The van der Waals surface area contributed by atoms with Gasteiger partial charge < -0.3 is 30.9 Å². The van der Waals surface area contributed by atoms with Gasteiger partial charge in [0, 0.05) is 12.8 Å².